The van der Waals surface area contributed by atoms with Gasteiger partial charge in [0.05, 0.1) is 36.0 Å². The molecule has 1 aliphatic rings. The van der Waals surface area contributed by atoms with E-state index in [4.69, 9.17) is 23.2 Å². The van der Waals surface area contributed by atoms with Gasteiger partial charge in [0.15, 0.2) is 0 Å². The Morgan fingerprint density at radius 2 is 2.17 bits per heavy atom. The normalized spacial score (nSPS) is 18.5. The van der Waals surface area contributed by atoms with Crippen LogP contribution in [0.5, 0.6) is 0 Å². The van der Waals surface area contributed by atoms with E-state index < -0.39 is 12.1 Å². The van der Waals surface area contributed by atoms with E-state index in [1.165, 1.54) is 19.2 Å². The molecule has 6 nitrogen and oxygen atoms in total. The highest BCUT2D eigenvalue weighted by Gasteiger charge is 2.22. The largest absolute Gasteiger partial charge is 0.465 e. The fourth-order valence-electron chi connectivity index (χ4n) is 2.53. The number of carbonyl (C=O) groups is 2. The van der Waals surface area contributed by atoms with Crippen molar-refractivity contribution in [2.75, 3.05) is 32.1 Å². The highest BCUT2D eigenvalue weighted by atomic mass is 35.5. The Labute approximate surface area is 144 Å². The molecule has 1 unspecified atom stereocenters. The van der Waals surface area contributed by atoms with Gasteiger partial charge in [-0.05, 0) is 31.5 Å². The lowest BCUT2D eigenvalue weighted by Crippen LogP contribution is -2.42. The molecule has 8 heteroatoms. The molecule has 2 N–H and O–H groups in total. The topological polar surface area (TPSA) is 78.9 Å². The standard InChI is InChI=1S/C15H18Cl2N2O4/c1-23-15(22)11-5-9(16)6-12(17)14(11)18-13(21)8-19-4-2-3-10(20)7-19/h5-6,10,20H,2-4,7-8H2,1H3,(H,18,21). The molecule has 2 rings (SSSR count). The highest BCUT2D eigenvalue weighted by molar-refractivity contribution is 6.37. The number of amides is 1. The zero-order valence-electron chi connectivity index (χ0n) is 12.6. The van der Waals surface area contributed by atoms with Gasteiger partial charge in [-0.25, -0.2) is 4.79 Å². The fraction of sp³-hybridized carbons (Fsp3) is 0.467. The van der Waals surface area contributed by atoms with E-state index in [-0.39, 0.29) is 33.7 Å². The molecule has 1 saturated heterocycles. The highest BCUT2D eigenvalue weighted by Crippen LogP contribution is 2.30. The Morgan fingerprint density at radius 3 is 2.83 bits per heavy atom. The summed E-state index contributed by atoms with van der Waals surface area (Å²) in [6.07, 6.45) is 1.17. The summed E-state index contributed by atoms with van der Waals surface area (Å²) < 4.78 is 4.68. The number of nitrogens with one attached hydrogen (secondary N) is 1. The number of anilines is 1. The molecule has 1 heterocycles. The van der Waals surface area contributed by atoms with Crippen molar-refractivity contribution in [3.05, 3.63) is 27.7 Å². The second-order valence-corrected chi connectivity index (χ2v) is 6.22. The zero-order chi connectivity index (χ0) is 17.0. The van der Waals surface area contributed by atoms with Gasteiger partial charge in [0.2, 0.25) is 5.91 Å². The molecule has 0 radical (unpaired) electrons. The van der Waals surface area contributed by atoms with E-state index in [1.807, 2.05) is 4.90 Å². The molecule has 1 aliphatic heterocycles. The van der Waals surface area contributed by atoms with Crippen molar-refractivity contribution in [1.82, 2.24) is 4.90 Å². The third-order valence-electron chi connectivity index (χ3n) is 3.57. The number of methoxy groups -OCH3 is 1. The molecule has 1 aromatic carbocycles. The minimum absolute atomic E-state index is 0.0945. The van der Waals surface area contributed by atoms with E-state index in [0.29, 0.717) is 6.54 Å². The van der Waals surface area contributed by atoms with Gasteiger partial charge in [0, 0.05) is 11.6 Å². The van der Waals surface area contributed by atoms with E-state index in [1.54, 1.807) is 0 Å². The summed E-state index contributed by atoms with van der Waals surface area (Å²) >= 11 is 12.0. The summed E-state index contributed by atoms with van der Waals surface area (Å²) in [6, 6.07) is 2.83. The smallest absolute Gasteiger partial charge is 0.340 e. The lowest BCUT2D eigenvalue weighted by atomic mass is 10.1. The number of hydrogen-bond donors (Lipinski definition) is 2. The summed E-state index contributed by atoms with van der Waals surface area (Å²) in [5.41, 5.74) is 0.266. The van der Waals surface area contributed by atoms with Gasteiger partial charge in [0.1, 0.15) is 0 Å². The first-order valence-electron chi connectivity index (χ1n) is 7.18. The minimum Gasteiger partial charge on any atom is -0.465 e. The summed E-state index contributed by atoms with van der Waals surface area (Å²) in [4.78, 5) is 25.9. The summed E-state index contributed by atoms with van der Waals surface area (Å²) in [5.74, 6) is -0.966. The van der Waals surface area contributed by atoms with Crippen molar-refractivity contribution < 1.29 is 19.4 Å². The molecule has 0 aliphatic carbocycles. The average molecular weight is 361 g/mol. The third-order valence-corrected chi connectivity index (χ3v) is 4.09. The number of β-amino-alcohol motifs (C(OH)–C–C–N with tert-alkyl or cyclic N) is 1. The van der Waals surface area contributed by atoms with Crippen LogP contribution in [-0.2, 0) is 9.53 Å². The number of aliphatic hydroxyl groups excluding tert-OH is 1. The van der Waals surface area contributed by atoms with E-state index in [9.17, 15) is 14.7 Å². The third kappa shape index (κ3) is 4.81. The van der Waals surface area contributed by atoms with Crippen molar-refractivity contribution in [2.24, 2.45) is 0 Å². The van der Waals surface area contributed by atoms with Crippen LogP contribution in [0.4, 0.5) is 5.69 Å². The number of nitrogens with zero attached hydrogens (tertiary/aromatic N) is 1. The first-order chi connectivity index (χ1) is 10.9. The number of hydrogen-bond acceptors (Lipinski definition) is 5. The molecule has 126 valence electrons. The van der Waals surface area contributed by atoms with E-state index >= 15 is 0 Å². The van der Waals surface area contributed by atoms with Gasteiger partial charge in [-0.2, -0.15) is 0 Å². The number of likely N-dealkylation sites (tertiary alicyclic amines) is 1. The summed E-state index contributed by atoms with van der Waals surface area (Å²) in [5, 5.41) is 12.7. The Kier molecular flexibility index (Phi) is 6.24. The minimum atomic E-state index is -0.641. The van der Waals surface area contributed by atoms with E-state index in [2.05, 4.69) is 10.1 Å². The Hall–Kier alpha value is -1.34. The number of halogens is 2. The quantitative estimate of drug-likeness (QED) is 0.804. The van der Waals surface area contributed by atoms with Crippen LogP contribution in [0.25, 0.3) is 0 Å². The zero-order valence-corrected chi connectivity index (χ0v) is 14.2. The lowest BCUT2D eigenvalue weighted by Gasteiger charge is -2.29. The first kappa shape index (κ1) is 18.0. The van der Waals surface area contributed by atoms with Crippen LogP contribution in [0.3, 0.4) is 0 Å². The molecular weight excluding hydrogens is 343 g/mol. The maximum absolute atomic E-state index is 12.2. The number of benzene rings is 1. The van der Waals surface area contributed by atoms with Gasteiger partial charge in [-0.3, -0.25) is 9.69 Å². The summed E-state index contributed by atoms with van der Waals surface area (Å²) in [7, 11) is 1.23. The SMILES string of the molecule is COC(=O)c1cc(Cl)cc(Cl)c1NC(=O)CN1CCCC(O)C1. The van der Waals surface area contributed by atoms with Gasteiger partial charge in [-0.1, -0.05) is 23.2 Å². The molecule has 1 aromatic rings. The fourth-order valence-corrected chi connectivity index (χ4v) is 3.07. The lowest BCUT2D eigenvalue weighted by molar-refractivity contribution is -0.118. The number of esters is 1. The number of ether oxygens (including phenoxy) is 1. The maximum Gasteiger partial charge on any atom is 0.340 e. The van der Waals surface area contributed by atoms with Crippen molar-refractivity contribution >= 4 is 40.8 Å². The maximum atomic E-state index is 12.2. The average Bonchev–Trinajstić information content (AvgIpc) is 2.49. The van der Waals surface area contributed by atoms with Crippen LogP contribution in [0, 0.1) is 0 Å². The summed E-state index contributed by atoms with van der Waals surface area (Å²) in [6.45, 7) is 1.30. The predicted molar refractivity (Wildman–Crippen MR) is 88.1 cm³/mol. The van der Waals surface area contributed by atoms with Crippen molar-refractivity contribution in [3.8, 4) is 0 Å². The molecule has 1 fully saturated rings. The Balaban J connectivity index is 2.12. The number of piperidine rings is 1. The molecular formula is C15H18Cl2N2O4. The Bertz CT molecular complexity index is 609. The second kappa shape index (κ2) is 7.97. The van der Waals surface area contributed by atoms with Crippen LogP contribution in [0.15, 0.2) is 12.1 Å². The van der Waals surface area contributed by atoms with Crippen LogP contribution in [0.2, 0.25) is 10.0 Å². The molecule has 1 amide bonds. The van der Waals surface area contributed by atoms with Gasteiger partial charge in [0.25, 0.3) is 0 Å². The van der Waals surface area contributed by atoms with Crippen LogP contribution < -0.4 is 5.32 Å². The van der Waals surface area contributed by atoms with Crippen molar-refractivity contribution in [1.29, 1.82) is 0 Å². The number of aliphatic hydroxyl groups is 1. The predicted octanol–water partition coefficient (Wildman–Crippen LogP) is 2.18. The van der Waals surface area contributed by atoms with Crippen molar-refractivity contribution in [2.45, 2.75) is 18.9 Å². The molecule has 0 spiro atoms. The molecule has 0 aromatic heterocycles. The number of rotatable bonds is 4. The first-order valence-corrected chi connectivity index (χ1v) is 7.94. The van der Waals surface area contributed by atoms with Crippen molar-refractivity contribution in [3.63, 3.8) is 0 Å². The molecule has 1 atom stereocenters. The molecule has 0 saturated carbocycles. The van der Waals surface area contributed by atoms with Gasteiger partial charge < -0.3 is 15.2 Å². The van der Waals surface area contributed by atoms with Crippen LogP contribution in [0.1, 0.15) is 23.2 Å². The van der Waals surface area contributed by atoms with Crippen LogP contribution in [-0.4, -0.2) is 54.7 Å². The van der Waals surface area contributed by atoms with Gasteiger partial charge >= 0.3 is 5.97 Å². The number of carbonyl (C=O) groups excluding carboxylic acids is 2. The molecule has 0 bridgehead atoms. The monoisotopic (exact) mass is 360 g/mol. The molecule has 23 heavy (non-hydrogen) atoms. The van der Waals surface area contributed by atoms with Gasteiger partial charge in [-0.15, -0.1) is 0 Å². The Morgan fingerprint density at radius 1 is 1.43 bits per heavy atom. The second-order valence-electron chi connectivity index (χ2n) is 5.38. The van der Waals surface area contributed by atoms with E-state index in [0.717, 1.165) is 19.4 Å². The van der Waals surface area contributed by atoms with Crippen LogP contribution >= 0.6 is 23.2 Å².